The van der Waals surface area contributed by atoms with Crippen molar-refractivity contribution in [2.24, 2.45) is 4.99 Å². The number of fused-ring (bicyclic) bond motifs is 1. The van der Waals surface area contributed by atoms with Crippen molar-refractivity contribution in [2.75, 3.05) is 6.61 Å². The van der Waals surface area contributed by atoms with E-state index in [0.717, 1.165) is 22.3 Å². The minimum absolute atomic E-state index is 0.0932. The van der Waals surface area contributed by atoms with Crippen LogP contribution in [-0.4, -0.2) is 17.1 Å². The van der Waals surface area contributed by atoms with Gasteiger partial charge < -0.3 is 9.47 Å². The lowest BCUT2D eigenvalue weighted by Crippen LogP contribution is -2.39. The molecular formula is C34H31FN2O4S. The number of aryl methyl sites for hydroxylation is 1. The summed E-state index contributed by atoms with van der Waals surface area (Å²) in [5, 5.41) is 0. The number of halogens is 1. The number of carbonyl (C=O) groups is 1. The standard InChI is InChI=1S/C34H31FN2O4S/c1-5-9-25-18-23(14-17-28(25)41-20-26-10-7-8-11-27(26)35)19-29-32(38)37-31(24-15-12-21(3)13-16-24)30(33(39)40-6-2)22(4)36-34(37)42-29/h5,7-8,10-19,31H,1,6,9,20H2,2-4H3/b29-19+/t31-/m1/s1. The van der Waals surface area contributed by atoms with Crippen LogP contribution in [0.4, 0.5) is 4.39 Å². The van der Waals surface area contributed by atoms with E-state index < -0.39 is 12.0 Å². The third-order valence-electron chi connectivity index (χ3n) is 7.00. The fourth-order valence-corrected chi connectivity index (χ4v) is 5.97. The number of hydrogen-bond acceptors (Lipinski definition) is 6. The Bertz CT molecular complexity index is 1870. The highest BCUT2D eigenvalue weighted by Gasteiger charge is 2.33. The average Bonchev–Trinajstić information content (AvgIpc) is 3.27. The first-order chi connectivity index (χ1) is 20.3. The largest absolute Gasteiger partial charge is 0.489 e. The van der Waals surface area contributed by atoms with Crippen LogP contribution in [0.15, 0.2) is 100 Å². The molecule has 4 aromatic rings. The third kappa shape index (κ3) is 5.90. The molecule has 2 heterocycles. The zero-order valence-corrected chi connectivity index (χ0v) is 24.5. The SMILES string of the molecule is C=CCc1cc(/C=c2/sc3n(c2=O)[C@H](c2ccc(C)cc2)C(C(=O)OCC)=C(C)N=3)ccc1OCc1ccccc1F. The van der Waals surface area contributed by atoms with Gasteiger partial charge in [0.15, 0.2) is 4.80 Å². The number of ether oxygens (including phenoxy) is 2. The summed E-state index contributed by atoms with van der Waals surface area (Å²) in [6, 6.07) is 19.2. The molecule has 0 bridgehead atoms. The Morgan fingerprint density at radius 3 is 2.57 bits per heavy atom. The predicted octanol–water partition coefficient (Wildman–Crippen LogP) is 5.55. The Hall–Kier alpha value is -4.56. The van der Waals surface area contributed by atoms with Crippen LogP contribution in [-0.2, 0) is 22.6 Å². The van der Waals surface area contributed by atoms with Gasteiger partial charge in [0.05, 0.1) is 28.5 Å². The van der Waals surface area contributed by atoms with Crippen LogP contribution < -0.4 is 19.6 Å². The summed E-state index contributed by atoms with van der Waals surface area (Å²) in [7, 11) is 0. The minimum Gasteiger partial charge on any atom is -0.489 e. The van der Waals surface area contributed by atoms with Crippen LogP contribution in [0, 0.1) is 12.7 Å². The van der Waals surface area contributed by atoms with Crippen molar-refractivity contribution >= 4 is 23.4 Å². The van der Waals surface area contributed by atoms with Crippen LogP contribution in [0.25, 0.3) is 6.08 Å². The number of rotatable bonds is 9. The molecule has 3 aromatic carbocycles. The fraction of sp³-hybridized carbons (Fsp3) is 0.206. The van der Waals surface area contributed by atoms with E-state index in [9.17, 15) is 14.0 Å². The number of aromatic nitrogens is 1. The van der Waals surface area contributed by atoms with E-state index in [-0.39, 0.29) is 24.6 Å². The number of nitrogens with zero attached hydrogens (tertiary/aromatic N) is 2. The van der Waals surface area contributed by atoms with Crippen LogP contribution >= 0.6 is 11.3 Å². The molecule has 42 heavy (non-hydrogen) atoms. The third-order valence-corrected chi connectivity index (χ3v) is 7.98. The monoisotopic (exact) mass is 582 g/mol. The van der Waals surface area contributed by atoms with Crippen molar-refractivity contribution in [1.82, 2.24) is 4.57 Å². The van der Waals surface area contributed by atoms with Gasteiger partial charge in [0.25, 0.3) is 5.56 Å². The van der Waals surface area contributed by atoms with E-state index in [4.69, 9.17) is 9.47 Å². The Labute approximate surface area is 247 Å². The molecule has 0 saturated carbocycles. The topological polar surface area (TPSA) is 69.9 Å². The van der Waals surface area contributed by atoms with Gasteiger partial charge in [0.2, 0.25) is 0 Å². The first kappa shape index (κ1) is 29.0. The molecule has 1 atom stereocenters. The smallest absolute Gasteiger partial charge is 0.338 e. The van der Waals surface area contributed by atoms with E-state index in [1.165, 1.54) is 17.4 Å². The second kappa shape index (κ2) is 12.5. The maximum Gasteiger partial charge on any atom is 0.338 e. The van der Waals surface area contributed by atoms with Crippen molar-refractivity contribution < 1.29 is 18.7 Å². The molecule has 0 N–H and O–H groups in total. The van der Waals surface area contributed by atoms with Gasteiger partial charge in [-0.15, -0.1) is 6.58 Å². The summed E-state index contributed by atoms with van der Waals surface area (Å²) in [5.74, 6) is -0.190. The lowest BCUT2D eigenvalue weighted by molar-refractivity contribution is -0.139. The first-order valence-electron chi connectivity index (χ1n) is 13.7. The van der Waals surface area contributed by atoms with Crippen molar-refractivity contribution in [3.63, 3.8) is 0 Å². The van der Waals surface area contributed by atoms with Gasteiger partial charge in [-0.1, -0.05) is 71.5 Å². The zero-order chi connectivity index (χ0) is 29.8. The highest BCUT2D eigenvalue weighted by molar-refractivity contribution is 7.07. The molecular weight excluding hydrogens is 551 g/mol. The molecule has 8 heteroatoms. The van der Waals surface area contributed by atoms with Crippen LogP contribution in [0.3, 0.4) is 0 Å². The van der Waals surface area contributed by atoms with E-state index in [1.54, 1.807) is 42.7 Å². The number of esters is 1. The summed E-state index contributed by atoms with van der Waals surface area (Å²) in [4.78, 5) is 32.1. The zero-order valence-electron chi connectivity index (χ0n) is 23.7. The quantitative estimate of drug-likeness (QED) is 0.192. The molecule has 5 rings (SSSR count). The Balaban J connectivity index is 1.56. The number of hydrogen-bond donors (Lipinski definition) is 0. The molecule has 1 aliphatic rings. The Kier molecular flexibility index (Phi) is 8.64. The molecule has 0 unspecified atom stereocenters. The lowest BCUT2D eigenvalue weighted by Gasteiger charge is -2.24. The second-order valence-corrected chi connectivity index (χ2v) is 11.0. The predicted molar refractivity (Wildman–Crippen MR) is 163 cm³/mol. The van der Waals surface area contributed by atoms with Crippen LogP contribution in [0.2, 0.25) is 0 Å². The molecule has 0 aliphatic carbocycles. The van der Waals surface area contributed by atoms with Gasteiger partial charge in [-0.25, -0.2) is 14.2 Å². The Morgan fingerprint density at radius 1 is 1.10 bits per heavy atom. The average molecular weight is 583 g/mol. The second-order valence-electron chi connectivity index (χ2n) is 9.95. The highest BCUT2D eigenvalue weighted by atomic mass is 32.1. The van der Waals surface area contributed by atoms with Gasteiger partial charge in [-0.05, 0) is 68.2 Å². The summed E-state index contributed by atoms with van der Waals surface area (Å²) >= 11 is 1.27. The molecule has 1 aliphatic heterocycles. The van der Waals surface area contributed by atoms with Gasteiger partial charge in [0.1, 0.15) is 18.2 Å². The van der Waals surface area contributed by atoms with Crippen molar-refractivity contribution in [3.05, 3.63) is 144 Å². The van der Waals surface area contributed by atoms with Gasteiger partial charge in [-0.2, -0.15) is 0 Å². The normalized spacial score (nSPS) is 14.8. The molecule has 0 amide bonds. The highest BCUT2D eigenvalue weighted by Crippen LogP contribution is 2.31. The van der Waals surface area contributed by atoms with Crippen LogP contribution in [0.5, 0.6) is 5.75 Å². The molecule has 1 aromatic heterocycles. The van der Waals surface area contributed by atoms with E-state index in [1.807, 2.05) is 55.5 Å². The minimum atomic E-state index is -0.659. The number of benzene rings is 3. The van der Waals surface area contributed by atoms with Gasteiger partial charge >= 0.3 is 5.97 Å². The fourth-order valence-electron chi connectivity index (χ4n) is 4.92. The maximum atomic E-state index is 14.1. The molecule has 214 valence electrons. The van der Waals surface area contributed by atoms with Gasteiger partial charge in [-0.3, -0.25) is 9.36 Å². The number of thiazole rings is 1. The Morgan fingerprint density at radius 2 is 1.86 bits per heavy atom. The molecule has 0 fully saturated rings. The summed E-state index contributed by atoms with van der Waals surface area (Å²) < 4.78 is 27.5. The summed E-state index contributed by atoms with van der Waals surface area (Å²) in [5.41, 5.74) is 4.62. The van der Waals surface area contributed by atoms with Gasteiger partial charge in [0, 0.05) is 5.56 Å². The summed E-state index contributed by atoms with van der Waals surface area (Å²) in [6.45, 7) is 9.67. The van der Waals surface area contributed by atoms with Crippen molar-refractivity contribution in [2.45, 2.75) is 39.8 Å². The van der Waals surface area contributed by atoms with E-state index in [0.29, 0.717) is 38.3 Å². The molecule has 6 nitrogen and oxygen atoms in total. The molecule has 0 radical (unpaired) electrons. The molecule has 0 saturated heterocycles. The first-order valence-corrected chi connectivity index (χ1v) is 14.5. The van der Waals surface area contributed by atoms with Crippen molar-refractivity contribution in [1.29, 1.82) is 0 Å². The van der Waals surface area contributed by atoms with Crippen LogP contribution in [0.1, 0.15) is 47.7 Å². The van der Waals surface area contributed by atoms with Crippen molar-refractivity contribution in [3.8, 4) is 5.75 Å². The number of allylic oxidation sites excluding steroid dienone is 2. The number of carbonyl (C=O) groups excluding carboxylic acids is 1. The molecule has 0 spiro atoms. The summed E-state index contributed by atoms with van der Waals surface area (Å²) in [6.07, 6.45) is 4.11. The maximum absolute atomic E-state index is 14.1. The van der Waals surface area contributed by atoms with E-state index >= 15 is 0 Å². The van der Waals surface area contributed by atoms with E-state index in [2.05, 4.69) is 11.6 Å². The lowest BCUT2D eigenvalue weighted by atomic mass is 9.95.